The van der Waals surface area contributed by atoms with Gasteiger partial charge in [-0.3, -0.25) is 9.88 Å². The second-order valence-electron chi connectivity index (χ2n) is 6.44. The van der Waals surface area contributed by atoms with Crippen molar-refractivity contribution < 1.29 is 14.3 Å². The molecule has 1 aliphatic rings. The molecule has 0 aliphatic carbocycles. The van der Waals surface area contributed by atoms with E-state index >= 15 is 0 Å². The summed E-state index contributed by atoms with van der Waals surface area (Å²) < 4.78 is 11.0. The zero-order valence-electron chi connectivity index (χ0n) is 15.7. The number of carbonyl (C=O) groups is 1. The number of anilines is 1. The number of carbonyl (C=O) groups excluding carboxylic acids is 1. The summed E-state index contributed by atoms with van der Waals surface area (Å²) in [5.74, 6) is 0.545. The minimum Gasteiger partial charge on any atom is -0.486 e. The van der Waals surface area contributed by atoms with Gasteiger partial charge < -0.3 is 20.1 Å². The first-order valence-corrected chi connectivity index (χ1v) is 9.76. The molecule has 2 amide bonds. The van der Waals surface area contributed by atoms with Crippen LogP contribution in [-0.4, -0.2) is 55.3 Å². The number of ether oxygens (including phenoxy) is 2. The Kier molecular flexibility index (Phi) is 7.90. The van der Waals surface area contributed by atoms with Crippen LogP contribution in [-0.2, 0) is 11.3 Å². The maximum Gasteiger partial charge on any atom is 0.319 e. The molecule has 1 aromatic carbocycles. The fourth-order valence-corrected chi connectivity index (χ4v) is 3.07. The molecule has 1 saturated heterocycles. The molecule has 3 rings (SSSR count). The van der Waals surface area contributed by atoms with Gasteiger partial charge in [-0.15, -0.1) is 0 Å². The van der Waals surface area contributed by atoms with Crippen molar-refractivity contribution in [1.29, 1.82) is 0 Å². The lowest BCUT2D eigenvalue weighted by molar-refractivity contribution is 0.0375. The molecule has 2 heterocycles. The van der Waals surface area contributed by atoms with Crippen molar-refractivity contribution in [3.63, 3.8) is 0 Å². The van der Waals surface area contributed by atoms with Crippen molar-refractivity contribution in [2.45, 2.75) is 13.0 Å². The van der Waals surface area contributed by atoms with Crippen LogP contribution in [0, 0.1) is 0 Å². The Balaban J connectivity index is 1.38. The molecule has 0 radical (unpaired) electrons. The number of pyridine rings is 1. The molecule has 28 heavy (non-hydrogen) atoms. The lowest BCUT2D eigenvalue weighted by Crippen LogP contribution is -2.38. The van der Waals surface area contributed by atoms with Gasteiger partial charge >= 0.3 is 6.03 Å². The van der Waals surface area contributed by atoms with Crippen LogP contribution < -0.4 is 15.4 Å². The molecule has 1 aromatic heterocycles. The topological polar surface area (TPSA) is 75.7 Å². The maximum atomic E-state index is 12.0. The third-order valence-corrected chi connectivity index (χ3v) is 4.63. The molecule has 7 nitrogen and oxygen atoms in total. The summed E-state index contributed by atoms with van der Waals surface area (Å²) >= 11 is 6.26. The quantitative estimate of drug-likeness (QED) is 0.661. The number of rotatable bonds is 8. The maximum absolute atomic E-state index is 12.0. The molecule has 8 heteroatoms. The Labute approximate surface area is 170 Å². The van der Waals surface area contributed by atoms with Gasteiger partial charge in [-0.25, -0.2) is 4.79 Å². The van der Waals surface area contributed by atoms with E-state index < -0.39 is 0 Å². The molecule has 2 aromatic rings. The highest BCUT2D eigenvalue weighted by molar-refractivity contribution is 6.32. The van der Waals surface area contributed by atoms with E-state index in [2.05, 4.69) is 20.5 Å². The summed E-state index contributed by atoms with van der Waals surface area (Å²) in [5.41, 5.74) is 1.43. The zero-order valence-corrected chi connectivity index (χ0v) is 16.5. The zero-order chi connectivity index (χ0) is 19.6. The summed E-state index contributed by atoms with van der Waals surface area (Å²) in [4.78, 5) is 18.6. The minimum absolute atomic E-state index is 0.250. The molecule has 0 bridgehead atoms. The SMILES string of the molecule is O=C(NCCCN1CCOCC1)Nc1ccc(OCc2ccccn2)c(Cl)c1. The lowest BCUT2D eigenvalue weighted by atomic mass is 10.3. The third-order valence-electron chi connectivity index (χ3n) is 4.33. The van der Waals surface area contributed by atoms with E-state index in [-0.39, 0.29) is 6.03 Å². The van der Waals surface area contributed by atoms with Gasteiger partial charge in [0.05, 0.1) is 23.9 Å². The van der Waals surface area contributed by atoms with Crippen molar-refractivity contribution in [3.05, 3.63) is 53.3 Å². The van der Waals surface area contributed by atoms with Gasteiger partial charge in [0.15, 0.2) is 0 Å². The van der Waals surface area contributed by atoms with Gasteiger partial charge in [0, 0.05) is 31.5 Å². The summed E-state index contributed by atoms with van der Waals surface area (Å²) in [7, 11) is 0. The molecule has 0 atom stereocenters. The van der Waals surface area contributed by atoms with Crippen molar-refractivity contribution in [2.75, 3.05) is 44.7 Å². The third kappa shape index (κ3) is 6.67. The van der Waals surface area contributed by atoms with E-state index in [0.29, 0.717) is 29.6 Å². The molecule has 1 fully saturated rings. The Morgan fingerprint density at radius 1 is 1.25 bits per heavy atom. The Bertz CT molecular complexity index is 754. The molecule has 2 N–H and O–H groups in total. The number of halogens is 1. The predicted molar refractivity (Wildman–Crippen MR) is 109 cm³/mol. The van der Waals surface area contributed by atoms with E-state index in [4.69, 9.17) is 21.1 Å². The molecule has 0 saturated carbocycles. The van der Waals surface area contributed by atoms with E-state index in [1.165, 1.54) is 0 Å². The standard InChI is InChI=1S/C20H25ClN4O3/c21-18-14-16(5-6-19(18)28-15-17-4-1-2-7-22-17)24-20(26)23-8-3-9-25-10-12-27-13-11-25/h1-2,4-7,14H,3,8-13,15H2,(H2,23,24,26). The van der Waals surface area contributed by atoms with Gasteiger partial charge in [0.2, 0.25) is 0 Å². The molecular formula is C20H25ClN4O3. The number of nitrogens with one attached hydrogen (secondary N) is 2. The van der Waals surface area contributed by atoms with Gasteiger partial charge in [-0.05, 0) is 43.3 Å². The van der Waals surface area contributed by atoms with Gasteiger partial charge in [-0.2, -0.15) is 0 Å². The smallest absolute Gasteiger partial charge is 0.319 e. The number of aromatic nitrogens is 1. The van der Waals surface area contributed by atoms with Crippen LogP contribution in [0.15, 0.2) is 42.6 Å². The normalized spacial score (nSPS) is 14.5. The van der Waals surface area contributed by atoms with Gasteiger partial charge in [0.25, 0.3) is 0 Å². The van der Waals surface area contributed by atoms with Crippen molar-refractivity contribution in [2.24, 2.45) is 0 Å². The molecule has 150 valence electrons. The largest absolute Gasteiger partial charge is 0.486 e. The summed E-state index contributed by atoms with van der Waals surface area (Å²) in [5, 5.41) is 6.08. The fourth-order valence-electron chi connectivity index (χ4n) is 2.84. The number of morpholine rings is 1. The van der Waals surface area contributed by atoms with Crippen LogP contribution in [0.1, 0.15) is 12.1 Å². The average molecular weight is 405 g/mol. The first kappa shape index (κ1) is 20.4. The summed E-state index contributed by atoms with van der Waals surface area (Å²) in [6.45, 7) is 5.39. The Hall–Kier alpha value is -2.35. The summed E-state index contributed by atoms with van der Waals surface area (Å²) in [6, 6.07) is 10.5. The van der Waals surface area contributed by atoms with Crippen LogP contribution in [0.4, 0.5) is 10.5 Å². The summed E-state index contributed by atoms with van der Waals surface area (Å²) in [6.07, 6.45) is 2.61. The van der Waals surface area contributed by atoms with E-state index in [1.54, 1.807) is 24.4 Å². The number of urea groups is 1. The van der Waals surface area contributed by atoms with Crippen LogP contribution in [0.2, 0.25) is 5.02 Å². The second kappa shape index (κ2) is 10.8. The fraction of sp³-hybridized carbons (Fsp3) is 0.400. The van der Waals surface area contributed by atoms with Crippen LogP contribution in [0.5, 0.6) is 5.75 Å². The first-order valence-electron chi connectivity index (χ1n) is 9.38. The number of hydrogen-bond acceptors (Lipinski definition) is 5. The lowest BCUT2D eigenvalue weighted by Gasteiger charge is -2.26. The van der Waals surface area contributed by atoms with Crippen LogP contribution in [0.25, 0.3) is 0 Å². The average Bonchev–Trinajstić information content (AvgIpc) is 2.72. The van der Waals surface area contributed by atoms with Crippen molar-refractivity contribution >= 4 is 23.3 Å². The molecule has 1 aliphatic heterocycles. The van der Waals surface area contributed by atoms with Crippen LogP contribution in [0.3, 0.4) is 0 Å². The van der Waals surface area contributed by atoms with E-state index in [0.717, 1.165) is 45.0 Å². The minimum atomic E-state index is -0.250. The predicted octanol–water partition coefficient (Wildman–Crippen LogP) is 3.16. The number of hydrogen-bond donors (Lipinski definition) is 2. The highest BCUT2D eigenvalue weighted by Gasteiger charge is 2.10. The van der Waals surface area contributed by atoms with E-state index in [9.17, 15) is 4.79 Å². The number of amides is 2. The molecular weight excluding hydrogens is 380 g/mol. The van der Waals surface area contributed by atoms with Crippen molar-refractivity contribution in [3.8, 4) is 5.75 Å². The van der Waals surface area contributed by atoms with Gasteiger partial charge in [0.1, 0.15) is 12.4 Å². The second-order valence-corrected chi connectivity index (χ2v) is 6.85. The first-order chi connectivity index (χ1) is 13.7. The van der Waals surface area contributed by atoms with Crippen molar-refractivity contribution in [1.82, 2.24) is 15.2 Å². The molecule has 0 unspecified atom stereocenters. The highest BCUT2D eigenvalue weighted by atomic mass is 35.5. The monoisotopic (exact) mass is 404 g/mol. The highest BCUT2D eigenvalue weighted by Crippen LogP contribution is 2.28. The number of benzene rings is 1. The van der Waals surface area contributed by atoms with E-state index in [1.807, 2.05) is 18.2 Å². The Morgan fingerprint density at radius 3 is 2.86 bits per heavy atom. The Morgan fingerprint density at radius 2 is 2.11 bits per heavy atom. The number of nitrogens with zero attached hydrogens (tertiary/aromatic N) is 2. The van der Waals surface area contributed by atoms with Crippen LogP contribution >= 0.6 is 11.6 Å². The molecule has 0 spiro atoms. The van der Waals surface area contributed by atoms with Gasteiger partial charge in [-0.1, -0.05) is 17.7 Å².